The van der Waals surface area contributed by atoms with Crippen molar-refractivity contribution in [2.24, 2.45) is 10.7 Å². The monoisotopic (exact) mass is 325 g/mol. The molecule has 23 heavy (non-hydrogen) atoms. The number of thioether (sulfide) groups is 1. The molecule has 2 aromatic carbocycles. The van der Waals surface area contributed by atoms with Gasteiger partial charge in [0.05, 0.1) is 11.4 Å². The number of hydrogen-bond donors (Lipinski definition) is 1. The number of benzene rings is 2. The van der Waals surface area contributed by atoms with Crippen LogP contribution in [0.25, 0.3) is 0 Å². The summed E-state index contributed by atoms with van der Waals surface area (Å²) >= 11 is 1.13. The lowest BCUT2D eigenvalue weighted by Crippen LogP contribution is -2.31. The van der Waals surface area contributed by atoms with E-state index in [0.29, 0.717) is 11.4 Å². The maximum Gasteiger partial charge on any atom is 0.247 e. The Labute approximate surface area is 138 Å². The van der Waals surface area contributed by atoms with Crippen LogP contribution in [-0.4, -0.2) is 22.2 Å². The van der Waals surface area contributed by atoms with Gasteiger partial charge in [0.2, 0.25) is 11.8 Å². The lowest BCUT2D eigenvalue weighted by Gasteiger charge is -2.14. The number of amides is 2. The summed E-state index contributed by atoms with van der Waals surface area (Å²) in [6.07, 6.45) is 0.128. The molecule has 1 aliphatic heterocycles. The fourth-order valence-electron chi connectivity index (χ4n) is 2.35. The molecule has 2 aromatic rings. The van der Waals surface area contributed by atoms with Gasteiger partial charge in [0.25, 0.3) is 0 Å². The molecule has 0 spiro atoms. The zero-order chi connectivity index (χ0) is 16.2. The summed E-state index contributed by atoms with van der Waals surface area (Å²) < 4.78 is 0. The van der Waals surface area contributed by atoms with E-state index in [1.165, 1.54) is 4.90 Å². The van der Waals surface area contributed by atoms with Crippen LogP contribution in [-0.2, 0) is 9.59 Å². The van der Waals surface area contributed by atoms with E-state index in [-0.39, 0.29) is 23.4 Å². The second kappa shape index (κ2) is 6.66. The first-order chi connectivity index (χ1) is 11.1. The van der Waals surface area contributed by atoms with E-state index in [0.717, 1.165) is 11.8 Å². The Balaban J connectivity index is 1.74. The van der Waals surface area contributed by atoms with Gasteiger partial charge in [-0.1, -0.05) is 48.2 Å². The molecular formula is C17H15N3O2S. The van der Waals surface area contributed by atoms with Crippen molar-refractivity contribution in [1.29, 1.82) is 0 Å². The number of rotatable bonds is 3. The Bertz CT molecular complexity index is 747. The van der Waals surface area contributed by atoms with Crippen LogP contribution >= 0.6 is 11.8 Å². The standard InChI is InChI=1S/C17H15N3O2S/c18-17(19-12-7-3-1-4-8-12)23-14-11-15(21)20(16(14)22)13-9-5-2-6-10-13/h1-10,14H,11H2,(H2,18,19). The Morgan fingerprint density at radius 1 is 1.04 bits per heavy atom. The molecule has 2 N–H and O–H groups in total. The molecule has 0 aliphatic carbocycles. The minimum absolute atomic E-state index is 0.128. The lowest BCUT2D eigenvalue weighted by atomic mass is 10.3. The van der Waals surface area contributed by atoms with Crippen LogP contribution in [0.1, 0.15) is 6.42 Å². The largest absolute Gasteiger partial charge is 0.378 e. The van der Waals surface area contributed by atoms with Gasteiger partial charge in [0.15, 0.2) is 5.17 Å². The van der Waals surface area contributed by atoms with Crippen LogP contribution in [0.3, 0.4) is 0 Å². The van der Waals surface area contributed by atoms with Gasteiger partial charge < -0.3 is 5.73 Å². The molecule has 0 bridgehead atoms. The predicted molar refractivity (Wildman–Crippen MR) is 92.7 cm³/mol. The molecule has 6 heteroatoms. The Morgan fingerprint density at radius 2 is 1.65 bits per heavy atom. The first kappa shape index (κ1) is 15.3. The molecule has 0 radical (unpaired) electrons. The van der Waals surface area contributed by atoms with Crippen molar-refractivity contribution in [3.8, 4) is 0 Å². The lowest BCUT2D eigenvalue weighted by molar-refractivity contribution is -0.121. The summed E-state index contributed by atoms with van der Waals surface area (Å²) in [4.78, 5) is 30.1. The van der Waals surface area contributed by atoms with E-state index < -0.39 is 5.25 Å². The van der Waals surface area contributed by atoms with Gasteiger partial charge in [0.1, 0.15) is 5.25 Å². The second-order valence-electron chi connectivity index (χ2n) is 5.00. The maximum absolute atomic E-state index is 12.5. The normalized spacial score (nSPS) is 18.5. The average molecular weight is 325 g/mol. The molecule has 1 fully saturated rings. The third kappa shape index (κ3) is 3.43. The predicted octanol–water partition coefficient (Wildman–Crippen LogP) is 2.70. The van der Waals surface area contributed by atoms with Crippen molar-refractivity contribution in [3.63, 3.8) is 0 Å². The molecule has 1 atom stereocenters. The molecule has 0 aromatic heterocycles. The van der Waals surface area contributed by atoms with Crippen LogP contribution in [0.4, 0.5) is 11.4 Å². The second-order valence-corrected chi connectivity index (χ2v) is 6.22. The number of nitrogens with zero attached hydrogens (tertiary/aromatic N) is 2. The third-order valence-electron chi connectivity index (χ3n) is 3.38. The molecular weight excluding hydrogens is 310 g/mol. The summed E-state index contributed by atoms with van der Waals surface area (Å²) in [5, 5.41) is -0.257. The van der Waals surface area contributed by atoms with Crippen molar-refractivity contribution in [1.82, 2.24) is 0 Å². The summed E-state index contributed by atoms with van der Waals surface area (Å²) in [6, 6.07) is 18.2. The smallest absolute Gasteiger partial charge is 0.247 e. The molecule has 1 heterocycles. The van der Waals surface area contributed by atoms with Crippen molar-refractivity contribution in [2.45, 2.75) is 11.7 Å². The summed E-state index contributed by atoms with van der Waals surface area (Å²) in [5.74, 6) is -0.469. The number of imide groups is 1. The van der Waals surface area contributed by atoms with E-state index in [4.69, 9.17) is 5.73 Å². The number of nitrogens with two attached hydrogens (primary N) is 1. The minimum Gasteiger partial charge on any atom is -0.378 e. The minimum atomic E-state index is -0.532. The fourth-order valence-corrected chi connectivity index (χ4v) is 3.23. The van der Waals surface area contributed by atoms with E-state index in [1.54, 1.807) is 24.3 Å². The highest BCUT2D eigenvalue weighted by molar-refractivity contribution is 8.15. The zero-order valence-corrected chi connectivity index (χ0v) is 13.1. The number of hydrogen-bond acceptors (Lipinski definition) is 4. The highest BCUT2D eigenvalue weighted by atomic mass is 32.2. The van der Waals surface area contributed by atoms with Gasteiger partial charge >= 0.3 is 0 Å². The van der Waals surface area contributed by atoms with Gasteiger partial charge in [-0.15, -0.1) is 0 Å². The SMILES string of the molecule is NC(=Nc1ccccc1)SC1CC(=O)N(c2ccccc2)C1=O. The zero-order valence-electron chi connectivity index (χ0n) is 12.3. The number of para-hydroxylation sites is 2. The molecule has 1 aliphatic rings. The van der Waals surface area contributed by atoms with Crippen LogP contribution in [0.5, 0.6) is 0 Å². The van der Waals surface area contributed by atoms with Gasteiger partial charge in [-0.25, -0.2) is 9.89 Å². The van der Waals surface area contributed by atoms with E-state index >= 15 is 0 Å². The van der Waals surface area contributed by atoms with Crippen molar-refractivity contribution in [3.05, 3.63) is 60.7 Å². The molecule has 1 unspecified atom stereocenters. The Hall–Kier alpha value is -2.60. The number of amidine groups is 1. The third-order valence-corrected chi connectivity index (χ3v) is 4.36. The van der Waals surface area contributed by atoms with Crippen molar-refractivity contribution < 1.29 is 9.59 Å². The fraction of sp³-hybridized carbons (Fsp3) is 0.118. The number of carbonyl (C=O) groups excluding carboxylic acids is 2. The first-order valence-corrected chi connectivity index (χ1v) is 8.01. The molecule has 3 rings (SSSR count). The highest BCUT2D eigenvalue weighted by Crippen LogP contribution is 2.30. The highest BCUT2D eigenvalue weighted by Gasteiger charge is 2.40. The van der Waals surface area contributed by atoms with Crippen LogP contribution in [0.2, 0.25) is 0 Å². The Kier molecular flexibility index (Phi) is 4.43. The topological polar surface area (TPSA) is 75.8 Å². The van der Waals surface area contributed by atoms with Crippen LogP contribution in [0, 0.1) is 0 Å². The maximum atomic E-state index is 12.5. The molecule has 116 valence electrons. The first-order valence-electron chi connectivity index (χ1n) is 7.13. The summed E-state index contributed by atoms with van der Waals surface area (Å²) in [5.41, 5.74) is 7.21. The number of aliphatic imine (C=N–C) groups is 1. The van der Waals surface area contributed by atoms with Gasteiger partial charge in [-0.3, -0.25) is 9.59 Å². The quantitative estimate of drug-likeness (QED) is 0.535. The Morgan fingerprint density at radius 3 is 2.30 bits per heavy atom. The molecule has 5 nitrogen and oxygen atoms in total. The van der Waals surface area contributed by atoms with Crippen molar-refractivity contribution in [2.75, 3.05) is 4.90 Å². The van der Waals surface area contributed by atoms with E-state index in [9.17, 15) is 9.59 Å². The van der Waals surface area contributed by atoms with Crippen LogP contribution in [0.15, 0.2) is 65.7 Å². The molecule has 0 saturated carbocycles. The number of carbonyl (C=O) groups is 2. The summed E-state index contributed by atoms with van der Waals surface area (Å²) in [6.45, 7) is 0. The molecule has 1 saturated heterocycles. The average Bonchev–Trinajstić information content (AvgIpc) is 2.83. The molecule has 2 amide bonds. The van der Waals surface area contributed by atoms with Crippen molar-refractivity contribution >= 4 is 40.1 Å². The summed E-state index contributed by atoms with van der Waals surface area (Å²) in [7, 11) is 0. The van der Waals surface area contributed by atoms with Crippen LogP contribution < -0.4 is 10.6 Å². The van der Waals surface area contributed by atoms with Gasteiger partial charge in [-0.05, 0) is 24.3 Å². The van der Waals surface area contributed by atoms with Gasteiger partial charge in [-0.2, -0.15) is 0 Å². The number of anilines is 1. The van der Waals surface area contributed by atoms with E-state index in [1.807, 2.05) is 36.4 Å². The van der Waals surface area contributed by atoms with Gasteiger partial charge in [0, 0.05) is 6.42 Å². The van der Waals surface area contributed by atoms with E-state index in [2.05, 4.69) is 4.99 Å².